The number of sulfonamides is 1. The number of pyridine rings is 1. The van der Waals surface area contributed by atoms with Crippen LogP contribution < -0.4 is 9.46 Å². The van der Waals surface area contributed by atoms with Crippen molar-refractivity contribution < 1.29 is 17.5 Å². The molecule has 1 aromatic carbocycles. The highest BCUT2D eigenvalue weighted by molar-refractivity contribution is 7.89. The van der Waals surface area contributed by atoms with Crippen LogP contribution in [0.5, 0.6) is 5.75 Å². The lowest BCUT2D eigenvalue weighted by molar-refractivity contribution is 0.200. The van der Waals surface area contributed by atoms with Crippen molar-refractivity contribution in [3.8, 4) is 5.75 Å². The molecule has 0 saturated heterocycles. The summed E-state index contributed by atoms with van der Waals surface area (Å²) in [7, 11) is -3.79. The maximum absolute atomic E-state index is 14.2. The fourth-order valence-electron chi connectivity index (χ4n) is 2.69. The van der Waals surface area contributed by atoms with E-state index in [4.69, 9.17) is 4.74 Å². The van der Waals surface area contributed by atoms with Crippen molar-refractivity contribution >= 4 is 10.0 Å². The molecule has 24 heavy (non-hydrogen) atoms. The number of benzene rings is 1. The zero-order chi connectivity index (χ0) is 17.0. The summed E-state index contributed by atoms with van der Waals surface area (Å²) in [4.78, 5) is 3.75. The number of hydrogen-bond donors (Lipinski definition) is 1. The third kappa shape index (κ3) is 4.10. The highest BCUT2D eigenvalue weighted by atomic mass is 32.2. The summed E-state index contributed by atoms with van der Waals surface area (Å²) in [5.41, 5.74) is 0.773. The molecule has 2 aromatic rings. The number of hydrogen-bond acceptors (Lipinski definition) is 4. The average Bonchev–Trinajstić information content (AvgIpc) is 3.09. The molecule has 0 atom stereocenters. The molecule has 1 aromatic heterocycles. The molecule has 5 nitrogen and oxygen atoms in total. The predicted octanol–water partition coefficient (Wildman–Crippen LogP) is 3.02. The van der Waals surface area contributed by atoms with Crippen molar-refractivity contribution in [2.75, 3.05) is 0 Å². The quantitative estimate of drug-likeness (QED) is 0.869. The van der Waals surface area contributed by atoms with Gasteiger partial charge in [-0.3, -0.25) is 4.98 Å². The van der Waals surface area contributed by atoms with Crippen LogP contribution in [-0.4, -0.2) is 19.5 Å². The topological polar surface area (TPSA) is 68.3 Å². The van der Waals surface area contributed by atoms with E-state index in [0.717, 1.165) is 37.3 Å². The lowest BCUT2D eigenvalue weighted by Crippen LogP contribution is -2.23. The molecule has 0 unspecified atom stereocenters. The molecule has 1 N–H and O–H groups in total. The van der Waals surface area contributed by atoms with Crippen LogP contribution >= 0.6 is 0 Å². The minimum atomic E-state index is -3.79. The van der Waals surface area contributed by atoms with Gasteiger partial charge in [-0.25, -0.2) is 17.5 Å². The van der Waals surface area contributed by atoms with E-state index in [2.05, 4.69) is 9.71 Å². The number of rotatable bonds is 6. The van der Waals surface area contributed by atoms with Gasteiger partial charge < -0.3 is 4.74 Å². The molecule has 0 spiro atoms. The van der Waals surface area contributed by atoms with Gasteiger partial charge >= 0.3 is 0 Å². The summed E-state index contributed by atoms with van der Waals surface area (Å²) < 4.78 is 46.8. The molecule has 1 saturated carbocycles. The lowest BCUT2D eigenvalue weighted by atomic mass is 10.3. The lowest BCUT2D eigenvalue weighted by Gasteiger charge is -2.14. The van der Waals surface area contributed by atoms with Crippen molar-refractivity contribution in [3.05, 3.63) is 54.1 Å². The van der Waals surface area contributed by atoms with Crippen LogP contribution in [0.4, 0.5) is 4.39 Å². The zero-order valence-electron chi connectivity index (χ0n) is 13.1. The maximum atomic E-state index is 14.2. The van der Waals surface area contributed by atoms with Crippen LogP contribution in [0.1, 0.15) is 31.2 Å². The third-order valence-electron chi connectivity index (χ3n) is 4.03. The van der Waals surface area contributed by atoms with Crippen molar-refractivity contribution in [1.82, 2.24) is 9.71 Å². The molecule has 1 fully saturated rings. The Labute approximate surface area is 140 Å². The second-order valence-electron chi connectivity index (χ2n) is 5.80. The predicted molar refractivity (Wildman–Crippen MR) is 87.5 cm³/mol. The summed E-state index contributed by atoms with van der Waals surface area (Å²) in [6, 6.07) is 7.17. The van der Waals surface area contributed by atoms with E-state index in [9.17, 15) is 12.8 Å². The van der Waals surface area contributed by atoms with Crippen LogP contribution in [0.25, 0.3) is 0 Å². The van der Waals surface area contributed by atoms with Crippen molar-refractivity contribution in [2.45, 2.75) is 43.2 Å². The van der Waals surface area contributed by atoms with E-state index in [-0.39, 0.29) is 23.3 Å². The summed E-state index contributed by atoms with van der Waals surface area (Å²) in [6.07, 6.45) is 7.17. The van der Waals surface area contributed by atoms with Gasteiger partial charge in [-0.2, -0.15) is 0 Å². The first-order valence-electron chi connectivity index (χ1n) is 7.89. The second kappa shape index (κ2) is 7.27. The van der Waals surface area contributed by atoms with E-state index in [1.807, 2.05) is 0 Å². The van der Waals surface area contributed by atoms with Gasteiger partial charge in [0.1, 0.15) is 0 Å². The molecule has 0 bridgehead atoms. The Balaban J connectivity index is 1.69. The first-order valence-corrected chi connectivity index (χ1v) is 9.38. The van der Waals surface area contributed by atoms with E-state index in [0.29, 0.717) is 0 Å². The Morgan fingerprint density at radius 2 is 1.88 bits per heavy atom. The Morgan fingerprint density at radius 1 is 1.17 bits per heavy atom. The van der Waals surface area contributed by atoms with Gasteiger partial charge in [-0.1, -0.05) is 0 Å². The van der Waals surface area contributed by atoms with Gasteiger partial charge in [0.15, 0.2) is 11.6 Å². The number of ether oxygens (including phenoxy) is 1. The molecule has 1 heterocycles. The molecular weight excluding hydrogens is 331 g/mol. The fraction of sp³-hybridized carbons (Fsp3) is 0.353. The third-order valence-corrected chi connectivity index (χ3v) is 5.42. The van der Waals surface area contributed by atoms with E-state index < -0.39 is 15.8 Å². The Morgan fingerprint density at radius 3 is 2.54 bits per heavy atom. The standard InChI is InChI=1S/C17H19FN2O3S/c18-16-11-15(5-6-17(16)23-14-3-1-2-4-14)24(21,22)20-12-13-7-9-19-10-8-13/h5-11,14,20H,1-4,12H2. The van der Waals surface area contributed by atoms with Crippen LogP contribution in [0.2, 0.25) is 0 Å². The van der Waals surface area contributed by atoms with Gasteiger partial charge in [-0.15, -0.1) is 0 Å². The number of halogens is 1. The van der Waals surface area contributed by atoms with Gasteiger partial charge in [0.2, 0.25) is 10.0 Å². The van der Waals surface area contributed by atoms with Crippen LogP contribution in [0, 0.1) is 5.82 Å². The molecular formula is C17H19FN2O3S. The van der Waals surface area contributed by atoms with Gasteiger partial charge in [0.05, 0.1) is 11.0 Å². The first kappa shape index (κ1) is 16.9. The summed E-state index contributed by atoms with van der Waals surface area (Å²) >= 11 is 0. The Hall–Kier alpha value is -1.99. The molecule has 0 aliphatic heterocycles. The fourth-order valence-corrected chi connectivity index (χ4v) is 3.72. The largest absolute Gasteiger partial charge is 0.487 e. The number of nitrogens with zero attached hydrogens (tertiary/aromatic N) is 1. The van der Waals surface area contributed by atoms with Gasteiger partial charge in [0.25, 0.3) is 0 Å². The van der Waals surface area contributed by atoms with E-state index in [1.54, 1.807) is 24.5 Å². The maximum Gasteiger partial charge on any atom is 0.240 e. The van der Waals surface area contributed by atoms with Crippen LogP contribution in [-0.2, 0) is 16.6 Å². The smallest absolute Gasteiger partial charge is 0.240 e. The molecule has 7 heteroatoms. The van der Waals surface area contributed by atoms with Crippen molar-refractivity contribution in [1.29, 1.82) is 0 Å². The average molecular weight is 350 g/mol. The summed E-state index contributed by atoms with van der Waals surface area (Å²) in [5.74, 6) is -0.552. The summed E-state index contributed by atoms with van der Waals surface area (Å²) in [6.45, 7) is 0.118. The molecule has 1 aliphatic carbocycles. The Bertz CT molecular complexity index is 791. The first-order chi connectivity index (χ1) is 11.5. The molecule has 0 radical (unpaired) electrons. The Kier molecular flexibility index (Phi) is 5.11. The minimum Gasteiger partial charge on any atom is -0.487 e. The van der Waals surface area contributed by atoms with E-state index in [1.165, 1.54) is 12.1 Å². The highest BCUT2D eigenvalue weighted by Gasteiger charge is 2.20. The van der Waals surface area contributed by atoms with Gasteiger partial charge in [-0.05, 0) is 61.6 Å². The normalized spacial score (nSPS) is 15.5. The SMILES string of the molecule is O=S(=O)(NCc1ccncc1)c1ccc(OC2CCCC2)c(F)c1. The molecule has 3 rings (SSSR count). The minimum absolute atomic E-state index is 0.0202. The summed E-state index contributed by atoms with van der Waals surface area (Å²) in [5, 5.41) is 0. The molecule has 1 aliphatic rings. The van der Waals surface area contributed by atoms with E-state index >= 15 is 0 Å². The molecule has 0 amide bonds. The van der Waals surface area contributed by atoms with Gasteiger partial charge in [0, 0.05) is 18.9 Å². The van der Waals surface area contributed by atoms with Crippen molar-refractivity contribution in [2.24, 2.45) is 0 Å². The highest BCUT2D eigenvalue weighted by Crippen LogP contribution is 2.27. The monoisotopic (exact) mass is 350 g/mol. The van der Waals surface area contributed by atoms with Crippen molar-refractivity contribution in [3.63, 3.8) is 0 Å². The second-order valence-corrected chi connectivity index (χ2v) is 7.56. The van der Waals surface area contributed by atoms with Crippen LogP contribution in [0.3, 0.4) is 0 Å². The van der Waals surface area contributed by atoms with Crippen LogP contribution in [0.15, 0.2) is 47.6 Å². The zero-order valence-corrected chi connectivity index (χ0v) is 13.9. The molecule has 128 valence electrons. The number of nitrogens with one attached hydrogen (secondary N) is 1. The number of aromatic nitrogens is 1.